The Labute approximate surface area is 238 Å². The Balaban J connectivity index is 0.00000370. The molecule has 0 spiro atoms. The summed E-state index contributed by atoms with van der Waals surface area (Å²) in [5.41, 5.74) is 3.84. The molecule has 1 aliphatic rings. The van der Waals surface area contributed by atoms with Gasteiger partial charge < -0.3 is 19.9 Å². The van der Waals surface area contributed by atoms with Crippen LogP contribution in [0.4, 0.5) is 11.5 Å². The molecule has 2 aromatic heterocycles. The molecular weight excluding hydrogens is 552 g/mol. The van der Waals surface area contributed by atoms with Gasteiger partial charge in [-0.2, -0.15) is 5.26 Å². The van der Waals surface area contributed by atoms with Gasteiger partial charge in [-0.25, -0.2) is 18.4 Å². The number of carbonyl (C=O) groups is 1. The van der Waals surface area contributed by atoms with Gasteiger partial charge in [-0.05, 0) is 67.3 Å². The minimum Gasteiger partial charge on any atom is -0.457 e. The number of amides is 1. The lowest BCUT2D eigenvalue weighted by Crippen LogP contribution is -2.32. The summed E-state index contributed by atoms with van der Waals surface area (Å²) in [5.74, 6) is 0.919. The van der Waals surface area contributed by atoms with Gasteiger partial charge in [0.1, 0.15) is 29.1 Å². The summed E-state index contributed by atoms with van der Waals surface area (Å²) >= 11 is 0. The summed E-state index contributed by atoms with van der Waals surface area (Å²) in [6.45, 7) is 2.63. The molecule has 5 rings (SSSR count). The zero-order valence-corrected chi connectivity index (χ0v) is 23.7. The highest BCUT2D eigenvalue weighted by Gasteiger charge is 2.45. The minimum atomic E-state index is -3.38. The lowest BCUT2D eigenvalue weighted by Gasteiger charge is -2.14. The van der Waals surface area contributed by atoms with Crippen molar-refractivity contribution in [2.45, 2.75) is 31.7 Å². The molecule has 2 aromatic carbocycles. The van der Waals surface area contributed by atoms with E-state index in [4.69, 9.17) is 4.74 Å². The van der Waals surface area contributed by atoms with Crippen LogP contribution in [0.25, 0.3) is 11.0 Å². The van der Waals surface area contributed by atoms with Crippen LogP contribution < -0.4 is 15.4 Å². The molecule has 0 radical (unpaired) electrons. The number of carbonyl (C=O) groups excluding carboxylic acids is 1. The fourth-order valence-electron chi connectivity index (χ4n) is 4.47. The van der Waals surface area contributed by atoms with Crippen LogP contribution in [0, 0.1) is 18.3 Å². The van der Waals surface area contributed by atoms with Crippen LogP contribution in [0.2, 0.25) is 0 Å². The molecule has 208 valence electrons. The normalized spacial score (nSPS) is 13.6. The average Bonchev–Trinajstić information content (AvgIpc) is 3.59. The second-order valence-corrected chi connectivity index (χ2v) is 12.0. The SMILES string of the molecule is Cc1cc(Nc2ncnc3ccn(CCNC(=O)CS(C)(=O)=O)c23)ccc1Oc1cccc(C2(C#N)CC2)c1.Cl. The van der Waals surface area contributed by atoms with Crippen molar-refractivity contribution in [3.63, 3.8) is 0 Å². The molecule has 2 N–H and O–H groups in total. The van der Waals surface area contributed by atoms with Crippen LogP contribution in [0.15, 0.2) is 61.1 Å². The fourth-order valence-corrected chi connectivity index (χ4v) is 5.05. The fraction of sp³-hybridized carbons (Fsp3) is 0.286. The molecule has 0 bridgehead atoms. The standard InChI is InChI=1S/C28H28N6O4S.ClH/c1-19-14-21(6-7-24(19)38-22-5-3-4-20(15-22)28(17-29)9-10-28)33-27-26-23(31-18-32-27)8-12-34(26)13-11-30-25(35)16-39(2,36)37;/h3-8,12,14-15,18H,9-11,13,16H2,1-2H3,(H,30,35)(H,31,32,33);1H. The first-order valence-electron chi connectivity index (χ1n) is 12.5. The van der Waals surface area contributed by atoms with Crippen molar-refractivity contribution in [1.82, 2.24) is 19.9 Å². The highest BCUT2D eigenvalue weighted by molar-refractivity contribution is 7.91. The number of halogens is 1. The average molecular weight is 581 g/mol. The third-order valence-electron chi connectivity index (χ3n) is 6.63. The second-order valence-electron chi connectivity index (χ2n) is 9.81. The van der Waals surface area contributed by atoms with E-state index in [1.54, 1.807) is 0 Å². The smallest absolute Gasteiger partial charge is 0.235 e. The van der Waals surface area contributed by atoms with Crippen LogP contribution in [0.3, 0.4) is 0 Å². The first kappa shape index (κ1) is 28.9. The van der Waals surface area contributed by atoms with E-state index in [1.165, 1.54) is 6.33 Å². The van der Waals surface area contributed by atoms with Gasteiger partial charge in [0.2, 0.25) is 5.91 Å². The van der Waals surface area contributed by atoms with Crippen LogP contribution in [-0.2, 0) is 26.6 Å². The van der Waals surface area contributed by atoms with E-state index in [0.29, 0.717) is 23.9 Å². The lowest BCUT2D eigenvalue weighted by atomic mass is 9.98. The maximum atomic E-state index is 11.9. The quantitative estimate of drug-likeness (QED) is 0.281. The number of hydrogen-bond donors (Lipinski definition) is 2. The molecule has 1 amide bonds. The van der Waals surface area contributed by atoms with E-state index in [-0.39, 0.29) is 24.4 Å². The van der Waals surface area contributed by atoms with E-state index in [9.17, 15) is 18.5 Å². The number of sulfone groups is 1. The Hall–Kier alpha value is -4.14. The Morgan fingerprint density at radius 1 is 1.18 bits per heavy atom. The summed E-state index contributed by atoms with van der Waals surface area (Å²) < 4.78 is 30.7. The molecule has 1 aliphatic carbocycles. The van der Waals surface area contributed by atoms with Crippen LogP contribution >= 0.6 is 12.4 Å². The number of hydrogen-bond acceptors (Lipinski definition) is 8. The van der Waals surface area contributed by atoms with E-state index >= 15 is 0 Å². The van der Waals surface area contributed by atoms with Gasteiger partial charge >= 0.3 is 0 Å². The third-order valence-corrected chi connectivity index (χ3v) is 7.42. The molecule has 2 heterocycles. The van der Waals surface area contributed by atoms with Crippen LogP contribution in [0.1, 0.15) is 24.0 Å². The van der Waals surface area contributed by atoms with Crippen molar-refractivity contribution < 1.29 is 17.9 Å². The van der Waals surface area contributed by atoms with Gasteiger partial charge in [0, 0.05) is 31.2 Å². The molecular formula is C28H29ClN6O4S. The Kier molecular flexibility index (Phi) is 8.32. The van der Waals surface area contributed by atoms with Crippen LogP contribution in [-0.4, -0.2) is 47.4 Å². The summed E-state index contributed by atoms with van der Waals surface area (Å²) in [4.78, 5) is 20.6. The zero-order chi connectivity index (χ0) is 27.6. The number of fused-ring (bicyclic) bond motifs is 1. The van der Waals surface area contributed by atoms with Gasteiger partial charge in [0.05, 0.1) is 17.0 Å². The number of aryl methyl sites for hydroxylation is 1. The first-order valence-corrected chi connectivity index (χ1v) is 14.5. The first-order chi connectivity index (χ1) is 18.7. The maximum Gasteiger partial charge on any atom is 0.235 e. The van der Waals surface area contributed by atoms with Gasteiger partial charge in [0.25, 0.3) is 0 Å². The van der Waals surface area contributed by atoms with Crippen molar-refractivity contribution in [2.75, 3.05) is 23.9 Å². The highest BCUT2D eigenvalue weighted by Crippen LogP contribution is 2.48. The van der Waals surface area contributed by atoms with Gasteiger partial charge in [-0.3, -0.25) is 4.79 Å². The number of nitriles is 1. The molecule has 40 heavy (non-hydrogen) atoms. The molecule has 1 saturated carbocycles. The highest BCUT2D eigenvalue weighted by atomic mass is 35.5. The van der Waals surface area contributed by atoms with Crippen molar-refractivity contribution in [3.8, 4) is 17.6 Å². The summed E-state index contributed by atoms with van der Waals surface area (Å²) in [6.07, 6.45) is 6.11. The molecule has 0 saturated heterocycles. The summed E-state index contributed by atoms with van der Waals surface area (Å²) in [7, 11) is -3.38. The third kappa shape index (κ3) is 6.52. The Bertz CT molecular complexity index is 1710. The van der Waals surface area contributed by atoms with E-state index in [0.717, 1.165) is 46.9 Å². The number of ether oxygens (including phenoxy) is 1. The lowest BCUT2D eigenvalue weighted by molar-refractivity contribution is -0.118. The Morgan fingerprint density at radius 3 is 2.67 bits per heavy atom. The monoisotopic (exact) mass is 580 g/mol. The number of anilines is 2. The van der Waals surface area contributed by atoms with Crippen molar-refractivity contribution in [1.29, 1.82) is 5.26 Å². The minimum absolute atomic E-state index is 0. The molecule has 0 atom stereocenters. The molecule has 0 aliphatic heterocycles. The zero-order valence-electron chi connectivity index (χ0n) is 22.0. The maximum absolute atomic E-state index is 11.9. The topological polar surface area (TPSA) is 139 Å². The molecule has 10 nitrogen and oxygen atoms in total. The number of nitrogens with one attached hydrogen (secondary N) is 2. The number of rotatable bonds is 10. The van der Waals surface area contributed by atoms with Crippen molar-refractivity contribution in [3.05, 3.63) is 72.2 Å². The predicted molar refractivity (Wildman–Crippen MR) is 155 cm³/mol. The largest absolute Gasteiger partial charge is 0.457 e. The number of benzene rings is 2. The molecule has 1 fully saturated rings. The van der Waals surface area contributed by atoms with Crippen molar-refractivity contribution in [2.24, 2.45) is 0 Å². The van der Waals surface area contributed by atoms with E-state index < -0.39 is 21.5 Å². The summed E-state index contributed by atoms with van der Waals surface area (Å²) in [6, 6.07) is 17.7. The number of aromatic nitrogens is 3. The molecule has 12 heteroatoms. The second kappa shape index (κ2) is 11.5. The summed E-state index contributed by atoms with van der Waals surface area (Å²) in [5, 5.41) is 15.5. The predicted octanol–water partition coefficient (Wildman–Crippen LogP) is 4.41. The van der Waals surface area contributed by atoms with E-state index in [2.05, 4.69) is 26.7 Å². The van der Waals surface area contributed by atoms with E-state index in [1.807, 2.05) is 66.2 Å². The van der Waals surface area contributed by atoms with Crippen LogP contribution in [0.5, 0.6) is 11.5 Å². The van der Waals surface area contributed by atoms with Gasteiger partial charge in [-0.1, -0.05) is 12.1 Å². The molecule has 4 aromatic rings. The number of nitrogens with zero attached hydrogens (tertiary/aromatic N) is 4. The van der Waals surface area contributed by atoms with Crippen molar-refractivity contribution >= 4 is 50.7 Å². The van der Waals surface area contributed by atoms with Gasteiger partial charge in [-0.15, -0.1) is 12.4 Å². The van der Waals surface area contributed by atoms with Gasteiger partial charge in [0.15, 0.2) is 15.7 Å². The Morgan fingerprint density at radius 2 is 1.98 bits per heavy atom. The molecule has 0 unspecified atom stereocenters.